The molecule has 0 unspecified atom stereocenters. The molecular weight excluding hydrogens is 326 g/mol. The molecule has 1 saturated heterocycles. The normalized spacial score (nSPS) is 15.1. The van der Waals surface area contributed by atoms with Crippen molar-refractivity contribution in [1.82, 2.24) is 20.2 Å². The predicted octanol–water partition coefficient (Wildman–Crippen LogP) is 2.76. The molecule has 0 bridgehead atoms. The van der Waals surface area contributed by atoms with Crippen LogP contribution >= 0.6 is 0 Å². The lowest BCUT2D eigenvalue weighted by atomic mass is 10.1. The van der Waals surface area contributed by atoms with Gasteiger partial charge in [0.1, 0.15) is 0 Å². The van der Waals surface area contributed by atoms with E-state index >= 15 is 0 Å². The number of hydrogen-bond acceptors (Lipinski definition) is 6. The van der Waals surface area contributed by atoms with Crippen LogP contribution in [0.1, 0.15) is 52.0 Å². The number of anilines is 1. The number of nitrogens with zero attached hydrogens (tertiary/aromatic N) is 4. The van der Waals surface area contributed by atoms with Crippen LogP contribution in [-0.2, 0) is 4.74 Å². The lowest BCUT2D eigenvalue weighted by Crippen LogP contribution is -2.47. The molecule has 2 heterocycles. The van der Waals surface area contributed by atoms with Crippen LogP contribution in [-0.4, -0.2) is 74.4 Å². The van der Waals surface area contributed by atoms with E-state index in [1.807, 2.05) is 33.3 Å². The fourth-order valence-corrected chi connectivity index (χ4v) is 2.81. The van der Waals surface area contributed by atoms with Gasteiger partial charge in [-0.3, -0.25) is 4.90 Å². The summed E-state index contributed by atoms with van der Waals surface area (Å²) in [5.74, 6) is 1.35. The Morgan fingerprint density at radius 3 is 2.23 bits per heavy atom. The summed E-state index contributed by atoms with van der Waals surface area (Å²) in [6, 6.07) is 0. The third-order valence-corrected chi connectivity index (χ3v) is 4.46. The van der Waals surface area contributed by atoms with Gasteiger partial charge in [0.25, 0.3) is 0 Å². The van der Waals surface area contributed by atoms with Crippen molar-refractivity contribution in [2.75, 3.05) is 64.4 Å². The Labute approximate surface area is 160 Å². The van der Waals surface area contributed by atoms with Gasteiger partial charge < -0.3 is 15.0 Å². The average Bonchev–Trinajstić information content (AvgIpc) is 2.69. The Morgan fingerprint density at radius 1 is 1.04 bits per heavy atom. The average molecular weight is 366 g/mol. The van der Waals surface area contributed by atoms with Crippen LogP contribution in [0.25, 0.3) is 0 Å². The first-order valence-electron chi connectivity index (χ1n) is 10.2. The second-order valence-electron chi connectivity index (χ2n) is 6.72. The van der Waals surface area contributed by atoms with Crippen molar-refractivity contribution in [2.24, 2.45) is 0 Å². The van der Waals surface area contributed by atoms with Gasteiger partial charge in [-0.05, 0) is 37.9 Å². The molecule has 0 aromatic carbocycles. The highest BCUT2D eigenvalue weighted by Gasteiger charge is 2.18. The summed E-state index contributed by atoms with van der Waals surface area (Å²) in [5, 5.41) is 3.13. The Kier molecular flexibility index (Phi) is 12.2. The number of piperazine rings is 1. The molecule has 1 N–H and O–H groups in total. The lowest BCUT2D eigenvalue weighted by Gasteiger charge is -2.34. The van der Waals surface area contributed by atoms with Crippen molar-refractivity contribution in [3.8, 4) is 0 Å². The minimum absolute atomic E-state index is 0.483. The highest BCUT2D eigenvalue weighted by Crippen LogP contribution is 2.15. The minimum atomic E-state index is 0.483. The fraction of sp³-hybridized carbons (Fsp3) is 0.800. The van der Waals surface area contributed by atoms with Crippen molar-refractivity contribution in [1.29, 1.82) is 0 Å². The van der Waals surface area contributed by atoms with Gasteiger partial charge in [-0.15, -0.1) is 0 Å². The minimum Gasteiger partial charge on any atom is -0.381 e. The van der Waals surface area contributed by atoms with Gasteiger partial charge in [0.2, 0.25) is 5.95 Å². The summed E-state index contributed by atoms with van der Waals surface area (Å²) in [6.07, 6.45) is 6.12. The molecule has 6 heteroatoms. The first-order valence-corrected chi connectivity index (χ1v) is 10.2. The second-order valence-corrected chi connectivity index (χ2v) is 6.72. The van der Waals surface area contributed by atoms with Crippen molar-refractivity contribution in [3.63, 3.8) is 0 Å². The van der Waals surface area contributed by atoms with E-state index in [-0.39, 0.29) is 0 Å². The molecule has 2 rings (SSSR count). The van der Waals surface area contributed by atoms with E-state index in [2.05, 4.69) is 38.9 Å². The van der Waals surface area contributed by atoms with Gasteiger partial charge in [-0.1, -0.05) is 27.7 Å². The number of rotatable bonds is 10. The molecule has 0 radical (unpaired) electrons. The molecular formula is C20H39N5O. The molecule has 150 valence electrons. The zero-order valence-corrected chi connectivity index (χ0v) is 17.5. The second kappa shape index (κ2) is 13.9. The van der Waals surface area contributed by atoms with Crippen molar-refractivity contribution >= 4 is 5.95 Å². The molecule has 1 aliphatic rings. The largest absolute Gasteiger partial charge is 0.381 e. The van der Waals surface area contributed by atoms with E-state index in [1.165, 1.54) is 5.56 Å². The summed E-state index contributed by atoms with van der Waals surface area (Å²) >= 11 is 0. The maximum atomic E-state index is 5.65. The van der Waals surface area contributed by atoms with Crippen molar-refractivity contribution < 1.29 is 4.74 Å². The molecule has 0 aliphatic carbocycles. The molecule has 6 nitrogen and oxygen atoms in total. The van der Waals surface area contributed by atoms with Crippen LogP contribution in [0.15, 0.2) is 12.4 Å². The van der Waals surface area contributed by atoms with Crippen LogP contribution in [0.4, 0.5) is 5.95 Å². The molecule has 26 heavy (non-hydrogen) atoms. The topological polar surface area (TPSA) is 53.5 Å². The number of aromatic nitrogens is 2. The van der Waals surface area contributed by atoms with Gasteiger partial charge in [0.15, 0.2) is 0 Å². The van der Waals surface area contributed by atoms with Crippen LogP contribution < -0.4 is 10.2 Å². The number of hydrogen-bond donors (Lipinski definition) is 1. The Morgan fingerprint density at radius 2 is 1.65 bits per heavy atom. The molecule has 0 spiro atoms. The van der Waals surface area contributed by atoms with Crippen molar-refractivity contribution in [3.05, 3.63) is 18.0 Å². The molecule has 0 atom stereocenters. The van der Waals surface area contributed by atoms with Gasteiger partial charge in [-0.25, -0.2) is 9.97 Å². The maximum absolute atomic E-state index is 5.65. The Hall–Kier alpha value is -1.24. The summed E-state index contributed by atoms with van der Waals surface area (Å²) in [5.41, 5.74) is 1.20. The summed E-state index contributed by atoms with van der Waals surface area (Å²) in [7, 11) is 1.98. The lowest BCUT2D eigenvalue weighted by molar-refractivity contribution is 0.117. The van der Waals surface area contributed by atoms with Gasteiger partial charge in [0, 0.05) is 58.3 Å². The smallest absolute Gasteiger partial charge is 0.225 e. The molecule has 0 amide bonds. The quantitative estimate of drug-likeness (QED) is 0.644. The zero-order chi connectivity index (χ0) is 19.2. The van der Waals surface area contributed by atoms with Gasteiger partial charge in [-0.2, -0.15) is 0 Å². The van der Waals surface area contributed by atoms with Crippen LogP contribution in [0, 0.1) is 0 Å². The fourth-order valence-electron chi connectivity index (χ4n) is 2.81. The standard InChI is InChI=1S/C18H33N5O.C2H6/c1-16(2)17-14-20-18(21-15-17)23-10-8-22(9-11-23)7-5-13-24-12-4-6-19-3;1-2/h14-16,19H,4-13H2,1-3H3;1-2H3. The third kappa shape index (κ3) is 8.43. The van der Waals surface area contributed by atoms with Crippen LogP contribution in [0.3, 0.4) is 0 Å². The highest BCUT2D eigenvalue weighted by molar-refractivity contribution is 5.31. The first kappa shape index (κ1) is 22.8. The Balaban J connectivity index is 0.00000163. The van der Waals surface area contributed by atoms with Gasteiger partial charge >= 0.3 is 0 Å². The maximum Gasteiger partial charge on any atom is 0.225 e. The van der Waals surface area contributed by atoms with E-state index in [0.29, 0.717) is 5.92 Å². The number of ether oxygens (including phenoxy) is 1. The molecule has 1 aromatic rings. The highest BCUT2D eigenvalue weighted by atomic mass is 16.5. The van der Waals surface area contributed by atoms with Crippen LogP contribution in [0.2, 0.25) is 0 Å². The molecule has 1 aliphatic heterocycles. The SMILES string of the molecule is CC.CNCCCOCCCN1CCN(c2ncc(C(C)C)cn2)CC1. The van der Waals surface area contributed by atoms with E-state index in [9.17, 15) is 0 Å². The van der Waals surface area contributed by atoms with Crippen LogP contribution in [0.5, 0.6) is 0 Å². The first-order chi connectivity index (χ1) is 12.7. The predicted molar refractivity (Wildman–Crippen MR) is 110 cm³/mol. The molecule has 1 aromatic heterocycles. The monoisotopic (exact) mass is 365 g/mol. The van der Waals surface area contributed by atoms with E-state index < -0.39 is 0 Å². The zero-order valence-electron chi connectivity index (χ0n) is 17.5. The summed E-state index contributed by atoms with van der Waals surface area (Å²) < 4.78 is 5.65. The van der Waals surface area contributed by atoms with E-state index in [1.54, 1.807) is 0 Å². The Bertz CT molecular complexity index is 444. The third-order valence-electron chi connectivity index (χ3n) is 4.46. The molecule has 0 saturated carbocycles. The summed E-state index contributed by atoms with van der Waals surface area (Å²) in [4.78, 5) is 13.9. The summed E-state index contributed by atoms with van der Waals surface area (Å²) in [6.45, 7) is 16.4. The number of nitrogens with one attached hydrogen (secondary N) is 1. The molecule has 1 fully saturated rings. The van der Waals surface area contributed by atoms with Crippen molar-refractivity contribution in [2.45, 2.75) is 46.5 Å². The van der Waals surface area contributed by atoms with E-state index in [0.717, 1.165) is 71.3 Å². The van der Waals surface area contributed by atoms with Gasteiger partial charge in [0.05, 0.1) is 0 Å². The van der Waals surface area contributed by atoms with E-state index in [4.69, 9.17) is 4.74 Å².